The number of carbonyl (C=O) groups is 1. The number of carbonyl (C=O) groups excluding carboxylic acids is 1. The van der Waals surface area contributed by atoms with Gasteiger partial charge in [0.25, 0.3) is 5.91 Å². The first-order valence-electron chi connectivity index (χ1n) is 6.23. The monoisotopic (exact) mass is 283 g/mol. The Kier molecular flexibility index (Phi) is 6.34. The SMILES string of the molecule is CCC(CO)(CO)NC(=O)c1ccc(CSC)cc1. The molecule has 0 saturated carbocycles. The summed E-state index contributed by atoms with van der Waals surface area (Å²) in [7, 11) is 0. The standard InChI is InChI=1S/C14H21NO3S/c1-3-14(9-16,10-17)15-13(18)12-6-4-11(5-7-12)8-19-2/h4-7,16-17H,3,8-10H2,1-2H3,(H,15,18). The van der Waals surface area contributed by atoms with Crippen LogP contribution in [-0.2, 0) is 5.75 Å². The van der Waals surface area contributed by atoms with Gasteiger partial charge in [0.15, 0.2) is 0 Å². The first-order chi connectivity index (χ1) is 9.10. The summed E-state index contributed by atoms with van der Waals surface area (Å²) in [6.07, 6.45) is 2.50. The van der Waals surface area contributed by atoms with Crippen molar-refractivity contribution < 1.29 is 15.0 Å². The topological polar surface area (TPSA) is 69.6 Å². The number of nitrogens with one attached hydrogen (secondary N) is 1. The van der Waals surface area contributed by atoms with Gasteiger partial charge in [-0.1, -0.05) is 19.1 Å². The van der Waals surface area contributed by atoms with Crippen molar-refractivity contribution in [2.45, 2.75) is 24.6 Å². The van der Waals surface area contributed by atoms with E-state index in [2.05, 4.69) is 5.32 Å². The zero-order chi connectivity index (χ0) is 14.3. The molecular weight excluding hydrogens is 262 g/mol. The quantitative estimate of drug-likeness (QED) is 0.708. The molecule has 0 saturated heterocycles. The normalized spacial score (nSPS) is 11.4. The average Bonchev–Trinajstić information content (AvgIpc) is 2.46. The number of aliphatic hydroxyl groups is 2. The molecule has 0 radical (unpaired) electrons. The van der Waals surface area contributed by atoms with E-state index in [1.54, 1.807) is 23.9 Å². The maximum atomic E-state index is 12.1. The van der Waals surface area contributed by atoms with Gasteiger partial charge < -0.3 is 15.5 Å². The van der Waals surface area contributed by atoms with Crippen LogP contribution in [0.25, 0.3) is 0 Å². The second kappa shape index (κ2) is 7.53. The van der Waals surface area contributed by atoms with E-state index >= 15 is 0 Å². The molecule has 1 aromatic rings. The smallest absolute Gasteiger partial charge is 0.251 e. The first-order valence-corrected chi connectivity index (χ1v) is 7.62. The van der Waals surface area contributed by atoms with Crippen molar-refractivity contribution in [3.63, 3.8) is 0 Å². The van der Waals surface area contributed by atoms with Crippen LogP contribution < -0.4 is 5.32 Å². The number of aliphatic hydroxyl groups excluding tert-OH is 2. The Morgan fingerprint density at radius 1 is 1.26 bits per heavy atom. The Morgan fingerprint density at radius 2 is 1.84 bits per heavy atom. The maximum absolute atomic E-state index is 12.1. The molecule has 106 valence electrons. The molecule has 4 nitrogen and oxygen atoms in total. The number of amides is 1. The van der Waals surface area contributed by atoms with E-state index in [-0.39, 0.29) is 19.1 Å². The zero-order valence-electron chi connectivity index (χ0n) is 11.3. The van der Waals surface area contributed by atoms with Crippen LogP contribution >= 0.6 is 11.8 Å². The second-order valence-electron chi connectivity index (χ2n) is 4.53. The predicted octanol–water partition coefficient (Wildman–Crippen LogP) is 1.41. The lowest BCUT2D eigenvalue weighted by Gasteiger charge is -2.29. The van der Waals surface area contributed by atoms with Gasteiger partial charge in [-0.15, -0.1) is 0 Å². The summed E-state index contributed by atoms with van der Waals surface area (Å²) in [5, 5.41) is 21.3. The van der Waals surface area contributed by atoms with Gasteiger partial charge in [0.05, 0.1) is 18.8 Å². The fourth-order valence-electron chi connectivity index (χ4n) is 1.67. The molecule has 3 N–H and O–H groups in total. The molecule has 1 aromatic carbocycles. The highest BCUT2D eigenvalue weighted by Crippen LogP contribution is 2.13. The molecule has 0 fully saturated rings. The van der Waals surface area contributed by atoms with E-state index < -0.39 is 5.54 Å². The van der Waals surface area contributed by atoms with Gasteiger partial charge in [-0.3, -0.25) is 4.79 Å². The molecule has 0 aliphatic heterocycles. The van der Waals surface area contributed by atoms with Crippen LogP contribution in [0.5, 0.6) is 0 Å². The van der Waals surface area contributed by atoms with Crippen molar-refractivity contribution in [2.75, 3.05) is 19.5 Å². The van der Waals surface area contributed by atoms with Crippen LogP contribution in [0.15, 0.2) is 24.3 Å². The van der Waals surface area contributed by atoms with Crippen molar-refractivity contribution in [3.05, 3.63) is 35.4 Å². The van der Waals surface area contributed by atoms with Gasteiger partial charge in [0, 0.05) is 11.3 Å². The number of hydrogen-bond acceptors (Lipinski definition) is 4. The molecule has 1 rings (SSSR count). The van der Waals surface area contributed by atoms with Gasteiger partial charge in [-0.25, -0.2) is 0 Å². The van der Waals surface area contributed by atoms with Crippen LogP contribution in [0, 0.1) is 0 Å². The highest BCUT2D eigenvalue weighted by Gasteiger charge is 2.28. The molecule has 0 aliphatic carbocycles. The van der Waals surface area contributed by atoms with E-state index in [9.17, 15) is 15.0 Å². The van der Waals surface area contributed by atoms with Crippen LogP contribution in [0.3, 0.4) is 0 Å². The Balaban J connectivity index is 2.77. The Hall–Kier alpha value is -1.04. The summed E-state index contributed by atoms with van der Waals surface area (Å²) in [4.78, 5) is 12.1. The first kappa shape index (κ1) is 16.0. The molecule has 0 spiro atoms. The third kappa shape index (κ3) is 4.23. The number of benzene rings is 1. The summed E-state index contributed by atoms with van der Waals surface area (Å²) < 4.78 is 0. The molecule has 0 aliphatic rings. The Labute approximate surface area is 118 Å². The van der Waals surface area contributed by atoms with E-state index in [0.29, 0.717) is 12.0 Å². The predicted molar refractivity (Wildman–Crippen MR) is 78.3 cm³/mol. The summed E-state index contributed by atoms with van der Waals surface area (Å²) in [5.41, 5.74) is 0.745. The lowest BCUT2D eigenvalue weighted by atomic mass is 9.97. The molecule has 0 aromatic heterocycles. The molecule has 0 bridgehead atoms. The van der Waals surface area contributed by atoms with Crippen molar-refractivity contribution in [1.82, 2.24) is 5.32 Å². The molecule has 0 unspecified atom stereocenters. The van der Waals surface area contributed by atoms with Crippen molar-refractivity contribution in [2.24, 2.45) is 0 Å². The molecule has 0 atom stereocenters. The number of hydrogen-bond donors (Lipinski definition) is 3. The largest absolute Gasteiger partial charge is 0.394 e. The molecular formula is C14H21NO3S. The van der Waals surface area contributed by atoms with E-state index in [0.717, 1.165) is 11.3 Å². The minimum Gasteiger partial charge on any atom is -0.394 e. The fourth-order valence-corrected chi connectivity index (χ4v) is 2.20. The summed E-state index contributed by atoms with van der Waals surface area (Å²) in [6.45, 7) is 1.25. The van der Waals surface area contributed by atoms with E-state index in [1.165, 1.54) is 0 Å². The Bertz CT molecular complexity index is 393. The van der Waals surface area contributed by atoms with Crippen molar-refractivity contribution in [3.8, 4) is 0 Å². The highest BCUT2D eigenvalue weighted by molar-refractivity contribution is 7.97. The highest BCUT2D eigenvalue weighted by atomic mass is 32.2. The summed E-state index contributed by atoms with van der Waals surface area (Å²) in [6, 6.07) is 7.35. The van der Waals surface area contributed by atoms with Crippen molar-refractivity contribution in [1.29, 1.82) is 0 Å². The van der Waals surface area contributed by atoms with Crippen LogP contribution in [0.2, 0.25) is 0 Å². The van der Waals surface area contributed by atoms with Crippen LogP contribution in [0.1, 0.15) is 29.3 Å². The third-order valence-corrected chi connectivity index (χ3v) is 3.81. The Morgan fingerprint density at radius 3 is 2.26 bits per heavy atom. The average molecular weight is 283 g/mol. The third-order valence-electron chi connectivity index (χ3n) is 3.19. The fraction of sp³-hybridized carbons (Fsp3) is 0.500. The van der Waals surface area contributed by atoms with Crippen molar-refractivity contribution >= 4 is 17.7 Å². The van der Waals surface area contributed by atoms with E-state index in [4.69, 9.17) is 0 Å². The van der Waals surface area contributed by atoms with Gasteiger partial charge in [-0.2, -0.15) is 11.8 Å². The zero-order valence-corrected chi connectivity index (χ0v) is 12.2. The molecule has 5 heteroatoms. The lowest BCUT2D eigenvalue weighted by molar-refractivity contribution is 0.0653. The minimum atomic E-state index is -0.949. The lowest BCUT2D eigenvalue weighted by Crippen LogP contribution is -2.53. The van der Waals surface area contributed by atoms with Gasteiger partial charge in [-0.05, 0) is 30.4 Å². The molecule has 19 heavy (non-hydrogen) atoms. The number of thioether (sulfide) groups is 1. The number of rotatable bonds is 7. The molecule has 0 heterocycles. The summed E-state index contributed by atoms with van der Waals surface area (Å²) in [5.74, 6) is 0.634. The van der Waals surface area contributed by atoms with Crippen LogP contribution in [-0.4, -0.2) is 41.1 Å². The second-order valence-corrected chi connectivity index (χ2v) is 5.40. The van der Waals surface area contributed by atoms with Crippen LogP contribution in [0.4, 0.5) is 0 Å². The summed E-state index contributed by atoms with van der Waals surface area (Å²) >= 11 is 1.72. The maximum Gasteiger partial charge on any atom is 0.251 e. The minimum absolute atomic E-state index is 0.277. The molecule has 1 amide bonds. The van der Waals surface area contributed by atoms with Gasteiger partial charge >= 0.3 is 0 Å². The van der Waals surface area contributed by atoms with Gasteiger partial charge in [0.1, 0.15) is 0 Å². The van der Waals surface area contributed by atoms with E-state index in [1.807, 2.05) is 25.3 Å². The van der Waals surface area contributed by atoms with Gasteiger partial charge in [0.2, 0.25) is 0 Å².